The summed E-state index contributed by atoms with van der Waals surface area (Å²) in [5.41, 5.74) is 25.6. The van der Waals surface area contributed by atoms with Crippen LogP contribution in [0.2, 0.25) is 0 Å². The summed E-state index contributed by atoms with van der Waals surface area (Å²) in [4.78, 5) is 2.51. The van der Waals surface area contributed by atoms with Crippen molar-refractivity contribution >= 4 is 38.6 Å². The van der Waals surface area contributed by atoms with Crippen LogP contribution in [0.1, 0.15) is 74.9 Å². The molecule has 1 nitrogen and oxygen atoms in total. The molecule has 12 aromatic carbocycles. The molecule has 0 aliphatic heterocycles. The largest absolute Gasteiger partial charge is 0.310 e. The molecular formula is C77H61N. The monoisotopic (exact) mass is 999 g/mol. The first-order valence-electron chi connectivity index (χ1n) is 27.7. The van der Waals surface area contributed by atoms with Gasteiger partial charge in [0.1, 0.15) is 0 Å². The van der Waals surface area contributed by atoms with E-state index in [4.69, 9.17) is 0 Å². The molecule has 1 spiro atoms. The van der Waals surface area contributed by atoms with Gasteiger partial charge in [0.2, 0.25) is 0 Å². The highest BCUT2D eigenvalue weighted by molar-refractivity contribution is 6.14. The van der Waals surface area contributed by atoms with Gasteiger partial charge in [0.05, 0.1) is 11.1 Å². The van der Waals surface area contributed by atoms with E-state index in [9.17, 15) is 0 Å². The molecule has 0 saturated carbocycles. The van der Waals surface area contributed by atoms with Crippen LogP contribution in [0.5, 0.6) is 0 Å². The van der Waals surface area contributed by atoms with Crippen molar-refractivity contribution in [2.75, 3.05) is 4.90 Å². The molecular weight excluding hydrogens is 939 g/mol. The standard InChI is InChI=1S/C77H61N/c1-75(2,3)53-38-43-65-66-44-39-54(76(4,5)6)48-73(66)77(72(65)47-53)70-34-20-18-32-64(70)69-49-56(42-45-71(69)77)78(55-40-36-51(37-41-55)68-46-52-24-10-11-26-58(52)60-28-14-17-31-63(60)68)74-35-21-19-33-67(74)62-30-16-15-29-61(62)59-27-13-12-25-57(59)50-22-8-7-9-23-50/h7-49H,1-6H3. The van der Waals surface area contributed by atoms with Crippen LogP contribution in [0.4, 0.5) is 17.1 Å². The first-order valence-corrected chi connectivity index (χ1v) is 27.7. The average Bonchev–Trinajstić information content (AvgIpc) is 4.16. The van der Waals surface area contributed by atoms with Crippen molar-refractivity contribution in [3.8, 4) is 66.8 Å². The third-order valence-corrected chi connectivity index (χ3v) is 17.0. The van der Waals surface area contributed by atoms with E-state index < -0.39 is 5.41 Å². The van der Waals surface area contributed by atoms with Crippen molar-refractivity contribution in [1.29, 1.82) is 0 Å². The summed E-state index contributed by atoms with van der Waals surface area (Å²) >= 11 is 0. The Balaban J connectivity index is 1.00. The Morgan fingerprint density at radius 3 is 1.38 bits per heavy atom. The topological polar surface area (TPSA) is 3.24 Å². The van der Waals surface area contributed by atoms with Crippen LogP contribution in [-0.4, -0.2) is 0 Å². The van der Waals surface area contributed by atoms with Gasteiger partial charge in [0.25, 0.3) is 0 Å². The maximum absolute atomic E-state index is 2.54. The van der Waals surface area contributed by atoms with Crippen LogP contribution in [0.15, 0.2) is 261 Å². The number of fused-ring (bicyclic) bond motifs is 13. The highest BCUT2D eigenvalue weighted by atomic mass is 15.1. The summed E-state index contributed by atoms with van der Waals surface area (Å²) < 4.78 is 0. The second-order valence-corrected chi connectivity index (χ2v) is 23.6. The van der Waals surface area contributed by atoms with Gasteiger partial charge in [0, 0.05) is 16.9 Å². The lowest BCUT2D eigenvalue weighted by Crippen LogP contribution is -2.27. The van der Waals surface area contributed by atoms with Crippen LogP contribution in [-0.2, 0) is 16.2 Å². The summed E-state index contributed by atoms with van der Waals surface area (Å²) in [6.07, 6.45) is 0. The van der Waals surface area contributed by atoms with Gasteiger partial charge in [-0.2, -0.15) is 0 Å². The molecule has 0 heterocycles. The van der Waals surface area contributed by atoms with Crippen molar-refractivity contribution in [3.63, 3.8) is 0 Å². The quantitative estimate of drug-likeness (QED) is 0.144. The third kappa shape index (κ3) is 7.43. The number of nitrogens with zero attached hydrogens (tertiary/aromatic N) is 1. The lowest BCUT2D eigenvalue weighted by molar-refractivity contribution is 0.586. The third-order valence-electron chi connectivity index (χ3n) is 17.0. The Labute approximate surface area is 459 Å². The molecule has 0 fully saturated rings. The second-order valence-electron chi connectivity index (χ2n) is 23.6. The lowest BCUT2D eigenvalue weighted by atomic mass is 9.69. The fraction of sp³-hybridized carbons (Fsp3) is 0.117. The van der Waals surface area contributed by atoms with Gasteiger partial charge in [-0.1, -0.05) is 266 Å². The van der Waals surface area contributed by atoms with E-state index in [0.29, 0.717) is 0 Å². The van der Waals surface area contributed by atoms with Gasteiger partial charge in [-0.3, -0.25) is 0 Å². The molecule has 0 atom stereocenters. The SMILES string of the molecule is CC(C)(C)c1ccc2c(c1)C1(c3ccccc3-c3cc(N(c4ccc(-c5cc6ccccc6c6ccccc56)cc4)c4ccccc4-c4ccccc4-c4ccccc4-c4ccccc4)ccc31)c1cc(C(C)(C)C)ccc1-2. The summed E-state index contributed by atoms with van der Waals surface area (Å²) in [5, 5.41) is 5.04. The van der Waals surface area contributed by atoms with Gasteiger partial charge >= 0.3 is 0 Å². The number of rotatable bonds is 7. The zero-order valence-electron chi connectivity index (χ0n) is 45.3. The number of benzene rings is 12. The minimum Gasteiger partial charge on any atom is -0.310 e. The van der Waals surface area contributed by atoms with Crippen LogP contribution < -0.4 is 4.90 Å². The Kier molecular flexibility index (Phi) is 11.0. The van der Waals surface area contributed by atoms with E-state index in [-0.39, 0.29) is 10.8 Å². The summed E-state index contributed by atoms with van der Waals surface area (Å²) in [7, 11) is 0. The summed E-state index contributed by atoms with van der Waals surface area (Å²) in [5.74, 6) is 0. The normalized spacial score (nSPS) is 13.1. The molecule has 0 amide bonds. The number of hydrogen-bond acceptors (Lipinski definition) is 1. The van der Waals surface area contributed by atoms with E-state index in [0.717, 1.165) is 22.6 Å². The zero-order chi connectivity index (χ0) is 52.9. The first kappa shape index (κ1) is 47.4. The number of para-hydroxylation sites is 1. The van der Waals surface area contributed by atoms with Crippen LogP contribution in [0, 0.1) is 0 Å². The summed E-state index contributed by atoms with van der Waals surface area (Å²) in [6.45, 7) is 14.0. The maximum atomic E-state index is 2.54. The molecule has 0 bridgehead atoms. The minimum absolute atomic E-state index is 0.0283. The minimum atomic E-state index is -0.504. The Hall–Kier alpha value is -9.04. The van der Waals surface area contributed by atoms with Crippen molar-refractivity contribution in [2.24, 2.45) is 0 Å². The Morgan fingerprint density at radius 1 is 0.269 bits per heavy atom. The van der Waals surface area contributed by atoms with E-state index in [1.165, 1.54) is 116 Å². The van der Waals surface area contributed by atoms with Crippen molar-refractivity contribution in [1.82, 2.24) is 0 Å². The Morgan fingerprint density at radius 2 is 0.731 bits per heavy atom. The number of anilines is 3. The van der Waals surface area contributed by atoms with E-state index in [1.807, 2.05) is 0 Å². The van der Waals surface area contributed by atoms with Crippen LogP contribution in [0.25, 0.3) is 88.3 Å². The van der Waals surface area contributed by atoms with Crippen molar-refractivity contribution < 1.29 is 0 Å². The maximum Gasteiger partial charge on any atom is 0.0725 e. The Bertz CT molecular complexity index is 4270. The first-order chi connectivity index (χ1) is 38.0. The predicted molar refractivity (Wildman–Crippen MR) is 332 cm³/mol. The molecule has 2 aliphatic rings. The van der Waals surface area contributed by atoms with Crippen LogP contribution in [0.3, 0.4) is 0 Å². The number of hydrogen-bond donors (Lipinski definition) is 0. The molecule has 14 rings (SSSR count). The molecule has 0 aromatic heterocycles. The average molecular weight is 1000 g/mol. The summed E-state index contributed by atoms with van der Waals surface area (Å²) in [6, 6.07) is 98.2. The molecule has 0 saturated heterocycles. The molecule has 2 aliphatic carbocycles. The fourth-order valence-corrected chi connectivity index (χ4v) is 13.2. The van der Waals surface area contributed by atoms with Gasteiger partial charge < -0.3 is 4.90 Å². The molecule has 1 heteroatoms. The fourth-order valence-electron chi connectivity index (χ4n) is 13.2. The van der Waals surface area contributed by atoms with Crippen molar-refractivity contribution in [2.45, 2.75) is 57.8 Å². The highest BCUT2D eigenvalue weighted by Crippen LogP contribution is 2.64. The molecule has 0 N–H and O–H groups in total. The molecule has 12 aromatic rings. The smallest absolute Gasteiger partial charge is 0.0725 e. The molecule has 374 valence electrons. The van der Waals surface area contributed by atoms with Gasteiger partial charge in [-0.15, -0.1) is 0 Å². The molecule has 78 heavy (non-hydrogen) atoms. The second kappa shape index (κ2) is 18.0. The molecule has 0 unspecified atom stereocenters. The molecule has 0 radical (unpaired) electrons. The highest BCUT2D eigenvalue weighted by Gasteiger charge is 2.52. The zero-order valence-corrected chi connectivity index (χ0v) is 45.3. The lowest BCUT2D eigenvalue weighted by Gasteiger charge is -2.33. The van der Waals surface area contributed by atoms with E-state index in [1.54, 1.807) is 0 Å². The van der Waals surface area contributed by atoms with Gasteiger partial charge in [-0.05, 0) is 163 Å². The van der Waals surface area contributed by atoms with E-state index >= 15 is 0 Å². The van der Waals surface area contributed by atoms with Crippen LogP contribution >= 0.6 is 0 Å². The van der Waals surface area contributed by atoms with Gasteiger partial charge in [-0.25, -0.2) is 0 Å². The van der Waals surface area contributed by atoms with Gasteiger partial charge in [0.15, 0.2) is 0 Å². The van der Waals surface area contributed by atoms with E-state index in [2.05, 4.69) is 307 Å². The van der Waals surface area contributed by atoms with Crippen molar-refractivity contribution in [3.05, 3.63) is 294 Å². The predicted octanol–water partition coefficient (Wildman–Crippen LogP) is 21.1.